The summed E-state index contributed by atoms with van der Waals surface area (Å²) < 4.78 is 4.71. The summed E-state index contributed by atoms with van der Waals surface area (Å²) in [5.41, 5.74) is 4.64. The van der Waals surface area contributed by atoms with Crippen LogP contribution in [0.15, 0.2) is 48.5 Å². The Balaban J connectivity index is 2.07. The van der Waals surface area contributed by atoms with Crippen LogP contribution in [-0.2, 0) is 28.8 Å². The number of aliphatic hydroxyl groups is 1. The third-order valence-corrected chi connectivity index (χ3v) is 3.59. The van der Waals surface area contributed by atoms with Gasteiger partial charge in [0.15, 0.2) is 0 Å². The highest BCUT2D eigenvalue weighted by atomic mass is 16.5. The average molecular weight is 298 g/mol. The highest BCUT2D eigenvalue weighted by Crippen LogP contribution is 2.14. The Morgan fingerprint density at radius 2 is 1.59 bits per heavy atom. The summed E-state index contributed by atoms with van der Waals surface area (Å²) >= 11 is 0. The molecule has 22 heavy (non-hydrogen) atoms. The SMILES string of the molecule is COC(=O)Cc1cccc(Cc2cccc(CCCO)c2)c1. The molecule has 2 aromatic rings. The predicted octanol–water partition coefficient (Wildman–Crippen LogP) is 2.92. The van der Waals surface area contributed by atoms with Gasteiger partial charge in [0.25, 0.3) is 0 Å². The van der Waals surface area contributed by atoms with Gasteiger partial charge in [0.1, 0.15) is 0 Å². The van der Waals surface area contributed by atoms with Crippen molar-refractivity contribution in [1.29, 1.82) is 0 Å². The van der Waals surface area contributed by atoms with Crippen LogP contribution in [0.3, 0.4) is 0 Å². The molecular formula is C19H22O3. The van der Waals surface area contributed by atoms with Gasteiger partial charge in [-0.3, -0.25) is 4.79 Å². The molecule has 0 fully saturated rings. The number of rotatable bonds is 7. The van der Waals surface area contributed by atoms with Gasteiger partial charge in [0, 0.05) is 6.61 Å². The predicted molar refractivity (Wildman–Crippen MR) is 86.8 cm³/mol. The highest BCUT2D eigenvalue weighted by molar-refractivity contribution is 5.72. The minimum atomic E-state index is -0.219. The molecule has 3 nitrogen and oxygen atoms in total. The fraction of sp³-hybridized carbons (Fsp3) is 0.316. The van der Waals surface area contributed by atoms with Gasteiger partial charge in [-0.05, 0) is 41.5 Å². The second-order valence-electron chi connectivity index (χ2n) is 5.40. The average Bonchev–Trinajstić information content (AvgIpc) is 2.53. The van der Waals surface area contributed by atoms with E-state index in [4.69, 9.17) is 9.84 Å². The quantitative estimate of drug-likeness (QED) is 0.800. The molecule has 0 aliphatic carbocycles. The Kier molecular flexibility index (Phi) is 6.16. The first-order chi connectivity index (χ1) is 10.7. The van der Waals surface area contributed by atoms with E-state index in [0.29, 0.717) is 6.42 Å². The van der Waals surface area contributed by atoms with Crippen molar-refractivity contribution in [3.63, 3.8) is 0 Å². The molecule has 0 unspecified atom stereocenters. The van der Waals surface area contributed by atoms with Gasteiger partial charge >= 0.3 is 5.97 Å². The first kappa shape index (κ1) is 16.2. The zero-order valence-corrected chi connectivity index (χ0v) is 12.9. The molecule has 3 heteroatoms. The van der Waals surface area contributed by atoms with Gasteiger partial charge in [0.05, 0.1) is 13.5 Å². The fourth-order valence-corrected chi connectivity index (χ4v) is 2.50. The van der Waals surface area contributed by atoms with E-state index in [0.717, 1.165) is 24.8 Å². The number of aryl methyl sites for hydroxylation is 1. The summed E-state index contributed by atoms with van der Waals surface area (Å²) in [6, 6.07) is 16.5. The maximum atomic E-state index is 11.4. The molecule has 0 amide bonds. The summed E-state index contributed by atoms with van der Waals surface area (Å²) in [6.45, 7) is 0.222. The van der Waals surface area contributed by atoms with E-state index in [-0.39, 0.29) is 12.6 Å². The lowest BCUT2D eigenvalue weighted by atomic mass is 9.99. The molecule has 0 bridgehead atoms. The Morgan fingerprint density at radius 1 is 1.00 bits per heavy atom. The van der Waals surface area contributed by atoms with Crippen molar-refractivity contribution in [3.8, 4) is 0 Å². The van der Waals surface area contributed by atoms with Crippen LogP contribution in [0.25, 0.3) is 0 Å². The molecule has 116 valence electrons. The van der Waals surface area contributed by atoms with Crippen molar-refractivity contribution >= 4 is 5.97 Å². The van der Waals surface area contributed by atoms with E-state index in [1.54, 1.807) is 0 Å². The van der Waals surface area contributed by atoms with Gasteiger partial charge in [0.2, 0.25) is 0 Å². The Hall–Kier alpha value is -2.13. The molecule has 0 saturated carbocycles. The number of ether oxygens (including phenoxy) is 1. The van der Waals surface area contributed by atoms with Crippen LogP contribution >= 0.6 is 0 Å². The molecule has 0 aromatic heterocycles. The van der Waals surface area contributed by atoms with Crippen molar-refractivity contribution in [1.82, 2.24) is 0 Å². The minimum absolute atomic E-state index is 0.219. The molecule has 0 saturated heterocycles. The molecule has 0 atom stereocenters. The van der Waals surface area contributed by atoms with E-state index >= 15 is 0 Å². The number of esters is 1. The van der Waals surface area contributed by atoms with Crippen molar-refractivity contribution in [2.75, 3.05) is 13.7 Å². The first-order valence-corrected chi connectivity index (χ1v) is 7.54. The van der Waals surface area contributed by atoms with Gasteiger partial charge in [-0.15, -0.1) is 0 Å². The molecular weight excluding hydrogens is 276 g/mol. The third kappa shape index (κ3) is 5.01. The lowest BCUT2D eigenvalue weighted by molar-refractivity contribution is -0.139. The maximum Gasteiger partial charge on any atom is 0.309 e. The van der Waals surface area contributed by atoms with Crippen molar-refractivity contribution in [2.45, 2.75) is 25.7 Å². The lowest BCUT2D eigenvalue weighted by Gasteiger charge is -2.07. The molecule has 0 radical (unpaired) electrons. The lowest BCUT2D eigenvalue weighted by Crippen LogP contribution is -2.04. The summed E-state index contributed by atoms with van der Waals surface area (Å²) in [5.74, 6) is -0.219. The number of benzene rings is 2. The van der Waals surface area contributed by atoms with E-state index in [9.17, 15) is 4.79 Å². The Labute approximate surface area is 131 Å². The molecule has 2 aromatic carbocycles. The van der Waals surface area contributed by atoms with Crippen LogP contribution in [0.1, 0.15) is 28.7 Å². The summed E-state index contributed by atoms with van der Waals surface area (Å²) in [7, 11) is 1.41. The number of hydrogen-bond acceptors (Lipinski definition) is 3. The zero-order chi connectivity index (χ0) is 15.8. The maximum absolute atomic E-state index is 11.4. The number of carbonyl (C=O) groups excluding carboxylic acids is 1. The Bertz CT molecular complexity index is 620. The van der Waals surface area contributed by atoms with Crippen LogP contribution in [0.4, 0.5) is 0 Å². The highest BCUT2D eigenvalue weighted by Gasteiger charge is 2.04. The summed E-state index contributed by atoms with van der Waals surface area (Å²) in [5, 5.41) is 8.92. The van der Waals surface area contributed by atoms with Crippen molar-refractivity contribution < 1.29 is 14.6 Å². The molecule has 2 rings (SSSR count). The molecule has 0 heterocycles. The summed E-state index contributed by atoms with van der Waals surface area (Å²) in [4.78, 5) is 11.4. The van der Waals surface area contributed by atoms with Gasteiger partial charge in [-0.1, -0.05) is 48.5 Å². The number of hydrogen-bond donors (Lipinski definition) is 1. The molecule has 1 N–H and O–H groups in total. The van der Waals surface area contributed by atoms with E-state index in [1.807, 2.05) is 12.1 Å². The zero-order valence-electron chi connectivity index (χ0n) is 12.9. The fourth-order valence-electron chi connectivity index (χ4n) is 2.50. The summed E-state index contributed by atoms with van der Waals surface area (Å²) in [6.07, 6.45) is 2.83. The second kappa shape index (κ2) is 8.35. The molecule has 0 spiro atoms. The van der Waals surface area contributed by atoms with Gasteiger partial charge < -0.3 is 9.84 Å². The van der Waals surface area contributed by atoms with Crippen LogP contribution in [0, 0.1) is 0 Å². The molecule has 0 aliphatic rings. The number of aliphatic hydroxyl groups excluding tert-OH is 1. The van der Waals surface area contributed by atoms with E-state index < -0.39 is 0 Å². The van der Waals surface area contributed by atoms with E-state index in [2.05, 4.69) is 36.4 Å². The topological polar surface area (TPSA) is 46.5 Å². The van der Waals surface area contributed by atoms with E-state index in [1.165, 1.54) is 23.8 Å². The Morgan fingerprint density at radius 3 is 2.23 bits per heavy atom. The smallest absolute Gasteiger partial charge is 0.309 e. The minimum Gasteiger partial charge on any atom is -0.469 e. The van der Waals surface area contributed by atoms with Crippen LogP contribution in [0.2, 0.25) is 0 Å². The van der Waals surface area contributed by atoms with Gasteiger partial charge in [-0.25, -0.2) is 0 Å². The first-order valence-electron chi connectivity index (χ1n) is 7.54. The van der Waals surface area contributed by atoms with Gasteiger partial charge in [-0.2, -0.15) is 0 Å². The number of carbonyl (C=O) groups is 1. The van der Waals surface area contributed by atoms with Crippen LogP contribution in [0.5, 0.6) is 0 Å². The van der Waals surface area contributed by atoms with Crippen LogP contribution < -0.4 is 0 Å². The monoisotopic (exact) mass is 298 g/mol. The van der Waals surface area contributed by atoms with Crippen LogP contribution in [-0.4, -0.2) is 24.8 Å². The van der Waals surface area contributed by atoms with Crippen molar-refractivity contribution in [3.05, 3.63) is 70.8 Å². The second-order valence-corrected chi connectivity index (χ2v) is 5.40. The van der Waals surface area contributed by atoms with Crippen molar-refractivity contribution in [2.24, 2.45) is 0 Å². The number of methoxy groups -OCH3 is 1. The molecule has 0 aliphatic heterocycles. The largest absolute Gasteiger partial charge is 0.469 e. The third-order valence-electron chi connectivity index (χ3n) is 3.59. The normalized spacial score (nSPS) is 10.5. The standard InChI is InChI=1S/C19H22O3/c1-22-19(21)14-18-8-3-7-17(13-18)12-16-6-2-5-15(11-16)9-4-10-20/h2-3,5-8,11,13,20H,4,9-10,12,14H2,1H3.